The molecule has 16 heavy (non-hydrogen) atoms. The number of imidazole rings is 1. The van der Waals surface area contributed by atoms with Crippen LogP contribution < -0.4 is 5.69 Å². The van der Waals surface area contributed by atoms with E-state index in [1.807, 2.05) is 24.3 Å². The minimum atomic E-state index is -0.528. The third kappa shape index (κ3) is 1.79. The monoisotopic (exact) mass is 218 g/mol. The molecular weight excluding hydrogens is 204 g/mol. The Labute approximate surface area is 93.4 Å². The molecule has 1 aromatic heterocycles. The van der Waals surface area contributed by atoms with Gasteiger partial charge in [0.15, 0.2) is 0 Å². The number of hydrogen-bond donors (Lipinski definition) is 1. The molecule has 0 amide bonds. The number of aromatic nitrogens is 2. The lowest BCUT2D eigenvalue weighted by molar-refractivity contribution is 0.199. The summed E-state index contributed by atoms with van der Waals surface area (Å²) in [6.07, 6.45) is 2.89. The lowest BCUT2D eigenvalue weighted by atomic mass is 10.1. The van der Waals surface area contributed by atoms with Gasteiger partial charge < -0.3 is 9.67 Å². The first-order valence-corrected chi connectivity index (χ1v) is 5.12. The van der Waals surface area contributed by atoms with Gasteiger partial charge in [-0.3, -0.25) is 4.57 Å². The maximum absolute atomic E-state index is 11.7. The molecule has 0 bridgehead atoms. The van der Waals surface area contributed by atoms with Gasteiger partial charge in [0.2, 0.25) is 0 Å². The van der Waals surface area contributed by atoms with E-state index < -0.39 is 6.10 Å². The van der Waals surface area contributed by atoms with Gasteiger partial charge in [0.1, 0.15) is 0 Å². The molecule has 2 rings (SSSR count). The first-order chi connectivity index (χ1) is 7.59. The van der Waals surface area contributed by atoms with Gasteiger partial charge in [-0.05, 0) is 24.6 Å². The van der Waals surface area contributed by atoms with Crippen molar-refractivity contribution in [1.82, 2.24) is 9.13 Å². The molecule has 0 aliphatic heterocycles. The second kappa shape index (κ2) is 3.98. The molecule has 0 spiro atoms. The quantitative estimate of drug-likeness (QED) is 0.824. The van der Waals surface area contributed by atoms with Gasteiger partial charge in [0.05, 0.1) is 11.8 Å². The minimum absolute atomic E-state index is 0.0947. The topological polar surface area (TPSA) is 47.2 Å². The van der Waals surface area contributed by atoms with Crippen LogP contribution in [0.25, 0.3) is 5.69 Å². The van der Waals surface area contributed by atoms with Crippen molar-refractivity contribution in [2.75, 3.05) is 0 Å². The van der Waals surface area contributed by atoms with Crippen molar-refractivity contribution >= 4 is 0 Å². The molecule has 0 saturated heterocycles. The third-order valence-electron chi connectivity index (χ3n) is 2.58. The van der Waals surface area contributed by atoms with E-state index in [2.05, 4.69) is 0 Å². The Morgan fingerprint density at radius 2 is 2.06 bits per heavy atom. The average Bonchev–Trinajstić information content (AvgIpc) is 2.60. The van der Waals surface area contributed by atoms with Crippen LogP contribution in [-0.2, 0) is 7.05 Å². The predicted molar refractivity (Wildman–Crippen MR) is 61.6 cm³/mol. The number of nitrogens with zero attached hydrogens (tertiary/aromatic N) is 2. The van der Waals surface area contributed by atoms with Crippen molar-refractivity contribution < 1.29 is 5.11 Å². The van der Waals surface area contributed by atoms with Crippen molar-refractivity contribution in [3.63, 3.8) is 0 Å². The van der Waals surface area contributed by atoms with Crippen molar-refractivity contribution in [2.45, 2.75) is 13.0 Å². The molecule has 4 nitrogen and oxygen atoms in total. The van der Waals surface area contributed by atoms with E-state index >= 15 is 0 Å². The fourth-order valence-corrected chi connectivity index (χ4v) is 1.60. The summed E-state index contributed by atoms with van der Waals surface area (Å²) in [5.41, 5.74) is 1.47. The van der Waals surface area contributed by atoms with E-state index in [1.54, 1.807) is 30.9 Å². The fraction of sp³-hybridized carbons (Fsp3) is 0.250. The maximum atomic E-state index is 11.7. The van der Waals surface area contributed by atoms with E-state index in [0.29, 0.717) is 0 Å². The van der Waals surface area contributed by atoms with Crippen LogP contribution in [0.4, 0.5) is 0 Å². The SMILES string of the molecule is CC(O)c1cccc(-n2ccn(C)c2=O)c1. The second-order valence-corrected chi connectivity index (χ2v) is 3.83. The lowest BCUT2D eigenvalue weighted by Crippen LogP contribution is -2.20. The largest absolute Gasteiger partial charge is 0.389 e. The van der Waals surface area contributed by atoms with E-state index in [4.69, 9.17) is 0 Å². The molecule has 0 saturated carbocycles. The van der Waals surface area contributed by atoms with E-state index in [9.17, 15) is 9.90 Å². The molecule has 1 atom stereocenters. The van der Waals surface area contributed by atoms with Crippen molar-refractivity contribution in [2.24, 2.45) is 7.05 Å². The van der Waals surface area contributed by atoms with Crippen LogP contribution in [0.2, 0.25) is 0 Å². The van der Waals surface area contributed by atoms with Crippen LogP contribution >= 0.6 is 0 Å². The minimum Gasteiger partial charge on any atom is -0.389 e. The number of aliphatic hydroxyl groups is 1. The molecule has 4 heteroatoms. The Morgan fingerprint density at radius 3 is 2.62 bits per heavy atom. The highest BCUT2D eigenvalue weighted by molar-refractivity contribution is 5.36. The zero-order valence-electron chi connectivity index (χ0n) is 9.29. The smallest absolute Gasteiger partial charge is 0.332 e. The lowest BCUT2D eigenvalue weighted by Gasteiger charge is -2.07. The first-order valence-electron chi connectivity index (χ1n) is 5.12. The van der Waals surface area contributed by atoms with Crippen LogP contribution in [0.1, 0.15) is 18.6 Å². The summed E-state index contributed by atoms with van der Waals surface area (Å²) in [6, 6.07) is 7.32. The van der Waals surface area contributed by atoms with Gasteiger partial charge in [-0.15, -0.1) is 0 Å². The second-order valence-electron chi connectivity index (χ2n) is 3.83. The summed E-state index contributed by atoms with van der Waals surface area (Å²) in [6.45, 7) is 1.70. The zero-order valence-corrected chi connectivity index (χ0v) is 9.29. The van der Waals surface area contributed by atoms with Crippen molar-refractivity contribution in [3.8, 4) is 5.69 Å². The summed E-state index contributed by atoms with van der Waals surface area (Å²) in [5.74, 6) is 0. The number of aliphatic hydroxyl groups excluding tert-OH is 1. The molecule has 84 valence electrons. The summed E-state index contributed by atoms with van der Waals surface area (Å²) in [5, 5.41) is 9.48. The molecule has 0 radical (unpaired) electrons. The van der Waals surface area contributed by atoms with Gasteiger partial charge >= 0.3 is 5.69 Å². The van der Waals surface area contributed by atoms with E-state index in [1.165, 1.54) is 4.57 Å². The predicted octanol–water partition coefficient (Wildman–Crippen LogP) is 1.23. The van der Waals surface area contributed by atoms with Crippen LogP contribution in [0, 0.1) is 0 Å². The maximum Gasteiger partial charge on any atom is 0.332 e. The highest BCUT2D eigenvalue weighted by Crippen LogP contribution is 2.15. The molecule has 1 N–H and O–H groups in total. The molecule has 0 fully saturated rings. The number of aryl methyl sites for hydroxylation is 1. The van der Waals surface area contributed by atoms with E-state index in [-0.39, 0.29) is 5.69 Å². The molecule has 0 aliphatic carbocycles. The first kappa shape index (κ1) is 10.7. The van der Waals surface area contributed by atoms with Crippen molar-refractivity contribution in [3.05, 3.63) is 52.7 Å². The van der Waals surface area contributed by atoms with Gasteiger partial charge in [-0.25, -0.2) is 4.79 Å². The van der Waals surface area contributed by atoms with E-state index in [0.717, 1.165) is 11.3 Å². The van der Waals surface area contributed by atoms with Crippen LogP contribution in [0.3, 0.4) is 0 Å². The Morgan fingerprint density at radius 1 is 1.31 bits per heavy atom. The normalized spacial score (nSPS) is 12.7. The third-order valence-corrected chi connectivity index (χ3v) is 2.58. The summed E-state index contributed by atoms with van der Waals surface area (Å²) >= 11 is 0. The number of benzene rings is 1. The van der Waals surface area contributed by atoms with Gasteiger partial charge in [-0.1, -0.05) is 12.1 Å². The summed E-state index contributed by atoms with van der Waals surface area (Å²) in [4.78, 5) is 11.7. The Kier molecular flexibility index (Phi) is 2.66. The Hall–Kier alpha value is -1.81. The highest BCUT2D eigenvalue weighted by atomic mass is 16.3. The molecule has 0 aliphatic rings. The number of rotatable bonds is 2. The molecular formula is C12H14N2O2. The molecule has 1 heterocycles. The zero-order chi connectivity index (χ0) is 11.7. The van der Waals surface area contributed by atoms with Crippen LogP contribution in [0.5, 0.6) is 0 Å². The van der Waals surface area contributed by atoms with Crippen LogP contribution in [-0.4, -0.2) is 14.2 Å². The van der Waals surface area contributed by atoms with Gasteiger partial charge in [-0.2, -0.15) is 0 Å². The number of hydrogen-bond acceptors (Lipinski definition) is 2. The summed E-state index contributed by atoms with van der Waals surface area (Å²) < 4.78 is 3.06. The molecule has 2 aromatic rings. The molecule has 1 aromatic carbocycles. The highest BCUT2D eigenvalue weighted by Gasteiger charge is 2.05. The van der Waals surface area contributed by atoms with Gasteiger partial charge in [0, 0.05) is 19.4 Å². The average molecular weight is 218 g/mol. The fourth-order valence-electron chi connectivity index (χ4n) is 1.60. The molecule has 1 unspecified atom stereocenters. The van der Waals surface area contributed by atoms with Crippen LogP contribution in [0.15, 0.2) is 41.5 Å². The standard InChI is InChI=1S/C12H14N2O2/c1-9(15)10-4-3-5-11(8-10)14-7-6-13(2)12(14)16/h3-9,15H,1-2H3. The van der Waals surface area contributed by atoms with Gasteiger partial charge in [0.25, 0.3) is 0 Å². The Bertz CT molecular complexity index is 552. The van der Waals surface area contributed by atoms with Crippen molar-refractivity contribution in [1.29, 1.82) is 0 Å². The summed E-state index contributed by atoms with van der Waals surface area (Å²) in [7, 11) is 1.71. The Balaban J connectivity index is 2.53.